The molecule has 3 nitrogen and oxygen atoms in total. The maximum Gasteiger partial charge on any atom is 0.129 e. The van der Waals surface area contributed by atoms with Crippen LogP contribution in [0.2, 0.25) is 0 Å². The SMILES string of the molecule is CCC(N)Cc1cc(OC)c(C(F)CC)cc1OC. The first-order valence-electron chi connectivity index (χ1n) is 6.71. The Labute approximate surface area is 114 Å². The summed E-state index contributed by atoms with van der Waals surface area (Å²) in [5, 5.41) is 0. The van der Waals surface area contributed by atoms with E-state index in [0.29, 0.717) is 29.9 Å². The fraction of sp³-hybridized carbons (Fsp3) is 0.600. The van der Waals surface area contributed by atoms with E-state index in [9.17, 15) is 4.39 Å². The summed E-state index contributed by atoms with van der Waals surface area (Å²) in [5.74, 6) is 1.24. The molecule has 1 aromatic rings. The second kappa shape index (κ2) is 7.34. The zero-order valence-corrected chi connectivity index (χ0v) is 12.2. The lowest BCUT2D eigenvalue weighted by atomic mass is 9.98. The molecule has 1 rings (SSSR count). The predicted molar refractivity (Wildman–Crippen MR) is 75.7 cm³/mol. The summed E-state index contributed by atoms with van der Waals surface area (Å²) in [6.07, 6.45) is 0.943. The van der Waals surface area contributed by atoms with Crippen LogP contribution in [0.4, 0.5) is 4.39 Å². The van der Waals surface area contributed by atoms with Crippen molar-refractivity contribution in [2.75, 3.05) is 14.2 Å². The van der Waals surface area contributed by atoms with Crippen LogP contribution in [0, 0.1) is 0 Å². The Morgan fingerprint density at radius 2 is 1.74 bits per heavy atom. The van der Waals surface area contributed by atoms with Crippen LogP contribution in [0.3, 0.4) is 0 Å². The van der Waals surface area contributed by atoms with E-state index in [1.165, 1.54) is 0 Å². The summed E-state index contributed by atoms with van der Waals surface area (Å²) < 4.78 is 24.6. The molecule has 0 aromatic heterocycles. The minimum absolute atomic E-state index is 0.0665. The molecule has 2 N–H and O–H groups in total. The van der Waals surface area contributed by atoms with E-state index < -0.39 is 6.17 Å². The number of halogens is 1. The highest BCUT2D eigenvalue weighted by molar-refractivity contribution is 5.48. The van der Waals surface area contributed by atoms with Crippen LogP contribution in [0.1, 0.15) is 44.0 Å². The molecule has 4 heteroatoms. The maximum absolute atomic E-state index is 13.9. The molecular formula is C15H24FNO2. The van der Waals surface area contributed by atoms with Gasteiger partial charge in [0.25, 0.3) is 0 Å². The largest absolute Gasteiger partial charge is 0.496 e. The Kier molecular flexibility index (Phi) is 6.09. The van der Waals surface area contributed by atoms with Crippen LogP contribution in [0.25, 0.3) is 0 Å². The highest BCUT2D eigenvalue weighted by Gasteiger charge is 2.18. The fourth-order valence-electron chi connectivity index (χ4n) is 2.04. The fourth-order valence-corrected chi connectivity index (χ4v) is 2.04. The monoisotopic (exact) mass is 269 g/mol. The summed E-state index contributed by atoms with van der Waals surface area (Å²) in [6.45, 7) is 3.84. The summed E-state index contributed by atoms with van der Waals surface area (Å²) in [5.41, 5.74) is 7.47. The van der Waals surface area contributed by atoms with Crippen molar-refractivity contribution < 1.29 is 13.9 Å². The van der Waals surface area contributed by atoms with Gasteiger partial charge in [-0.15, -0.1) is 0 Å². The number of nitrogens with two attached hydrogens (primary N) is 1. The molecular weight excluding hydrogens is 245 g/mol. The molecule has 0 saturated heterocycles. The van der Waals surface area contributed by atoms with Crippen LogP contribution in [-0.2, 0) is 6.42 Å². The lowest BCUT2D eigenvalue weighted by Crippen LogP contribution is -2.21. The Bertz CT molecular complexity index is 409. The molecule has 0 heterocycles. The van der Waals surface area contributed by atoms with Crippen molar-refractivity contribution in [1.82, 2.24) is 0 Å². The molecule has 0 fully saturated rings. The van der Waals surface area contributed by atoms with E-state index in [0.717, 1.165) is 12.0 Å². The van der Waals surface area contributed by atoms with Crippen molar-refractivity contribution in [2.45, 2.75) is 45.3 Å². The molecule has 0 spiro atoms. The topological polar surface area (TPSA) is 44.5 Å². The molecule has 0 saturated carbocycles. The number of hydrogen-bond acceptors (Lipinski definition) is 3. The number of ether oxygens (including phenoxy) is 2. The number of rotatable bonds is 7. The van der Waals surface area contributed by atoms with Gasteiger partial charge in [0.15, 0.2) is 0 Å². The van der Waals surface area contributed by atoms with Gasteiger partial charge in [0.2, 0.25) is 0 Å². The average molecular weight is 269 g/mol. The van der Waals surface area contributed by atoms with E-state index >= 15 is 0 Å². The smallest absolute Gasteiger partial charge is 0.129 e. The molecule has 0 amide bonds. The minimum atomic E-state index is -1.04. The van der Waals surface area contributed by atoms with Gasteiger partial charge < -0.3 is 15.2 Å². The van der Waals surface area contributed by atoms with Crippen LogP contribution in [-0.4, -0.2) is 20.3 Å². The summed E-state index contributed by atoms with van der Waals surface area (Å²) in [6, 6.07) is 3.63. The Morgan fingerprint density at radius 1 is 1.11 bits per heavy atom. The van der Waals surface area contributed by atoms with Gasteiger partial charge in [0.1, 0.15) is 17.7 Å². The van der Waals surface area contributed by atoms with Gasteiger partial charge in [0.05, 0.1) is 14.2 Å². The first-order chi connectivity index (χ1) is 9.07. The van der Waals surface area contributed by atoms with Crippen molar-refractivity contribution >= 4 is 0 Å². The average Bonchev–Trinajstić information content (AvgIpc) is 2.45. The van der Waals surface area contributed by atoms with Crippen molar-refractivity contribution in [3.05, 3.63) is 23.3 Å². The molecule has 0 bridgehead atoms. The molecule has 2 atom stereocenters. The van der Waals surface area contributed by atoms with Gasteiger partial charge in [-0.1, -0.05) is 13.8 Å². The highest BCUT2D eigenvalue weighted by Crippen LogP contribution is 2.36. The van der Waals surface area contributed by atoms with Crippen LogP contribution < -0.4 is 15.2 Å². The lowest BCUT2D eigenvalue weighted by molar-refractivity contribution is 0.313. The van der Waals surface area contributed by atoms with Crippen LogP contribution in [0.5, 0.6) is 11.5 Å². The first kappa shape index (κ1) is 15.8. The summed E-state index contributed by atoms with van der Waals surface area (Å²) in [7, 11) is 3.14. The normalized spacial score (nSPS) is 14.0. The quantitative estimate of drug-likeness (QED) is 0.825. The van der Waals surface area contributed by atoms with Gasteiger partial charge in [0, 0.05) is 11.6 Å². The molecule has 0 aliphatic carbocycles. The van der Waals surface area contributed by atoms with Crippen molar-refractivity contribution in [3.63, 3.8) is 0 Å². The summed E-state index contributed by atoms with van der Waals surface area (Å²) >= 11 is 0. The third-order valence-electron chi connectivity index (χ3n) is 3.34. The second-order valence-corrected chi connectivity index (χ2v) is 4.65. The molecule has 2 unspecified atom stereocenters. The number of benzene rings is 1. The van der Waals surface area contributed by atoms with Crippen molar-refractivity contribution in [2.24, 2.45) is 5.73 Å². The van der Waals surface area contributed by atoms with E-state index in [1.807, 2.05) is 13.0 Å². The van der Waals surface area contributed by atoms with E-state index in [1.54, 1.807) is 27.2 Å². The number of alkyl halides is 1. The van der Waals surface area contributed by atoms with E-state index in [4.69, 9.17) is 15.2 Å². The zero-order chi connectivity index (χ0) is 14.4. The third kappa shape index (κ3) is 3.83. The predicted octanol–water partition coefficient (Wildman–Crippen LogP) is 3.40. The standard InChI is InChI=1S/C15H24FNO2/c1-5-11(17)7-10-8-15(19-4)12(13(16)6-2)9-14(10)18-3/h8-9,11,13H,5-7,17H2,1-4H3. The van der Waals surface area contributed by atoms with Gasteiger partial charge in [-0.3, -0.25) is 0 Å². The van der Waals surface area contributed by atoms with Crippen molar-refractivity contribution in [3.8, 4) is 11.5 Å². The summed E-state index contributed by atoms with van der Waals surface area (Å²) in [4.78, 5) is 0. The lowest BCUT2D eigenvalue weighted by Gasteiger charge is -2.18. The molecule has 108 valence electrons. The van der Waals surface area contributed by atoms with Gasteiger partial charge in [-0.25, -0.2) is 4.39 Å². The Balaban J connectivity index is 3.19. The minimum Gasteiger partial charge on any atom is -0.496 e. The highest BCUT2D eigenvalue weighted by atomic mass is 19.1. The second-order valence-electron chi connectivity index (χ2n) is 4.65. The number of hydrogen-bond donors (Lipinski definition) is 1. The molecule has 19 heavy (non-hydrogen) atoms. The Hall–Kier alpha value is -1.29. The van der Waals surface area contributed by atoms with Gasteiger partial charge in [-0.05, 0) is 37.0 Å². The van der Waals surface area contributed by atoms with Gasteiger partial charge in [-0.2, -0.15) is 0 Å². The molecule has 0 radical (unpaired) electrons. The third-order valence-corrected chi connectivity index (χ3v) is 3.34. The van der Waals surface area contributed by atoms with Crippen LogP contribution in [0.15, 0.2) is 12.1 Å². The molecule has 0 aliphatic heterocycles. The molecule has 0 aliphatic rings. The first-order valence-corrected chi connectivity index (χ1v) is 6.71. The maximum atomic E-state index is 13.9. The number of methoxy groups -OCH3 is 2. The van der Waals surface area contributed by atoms with E-state index in [2.05, 4.69) is 0 Å². The van der Waals surface area contributed by atoms with Crippen molar-refractivity contribution in [1.29, 1.82) is 0 Å². The zero-order valence-electron chi connectivity index (χ0n) is 12.2. The van der Waals surface area contributed by atoms with Crippen LogP contribution >= 0.6 is 0 Å². The Morgan fingerprint density at radius 3 is 2.21 bits per heavy atom. The van der Waals surface area contributed by atoms with E-state index in [-0.39, 0.29) is 6.04 Å². The van der Waals surface area contributed by atoms with Gasteiger partial charge >= 0.3 is 0 Å². The molecule has 1 aromatic carbocycles.